The zero-order valence-corrected chi connectivity index (χ0v) is 15.7. The number of fused-ring (bicyclic) bond motifs is 1. The van der Waals surface area contributed by atoms with E-state index in [4.69, 9.17) is 11.6 Å². The molecule has 7 heteroatoms. The molecule has 1 unspecified atom stereocenters. The number of nitrogens with zero attached hydrogens (tertiary/aromatic N) is 2. The Bertz CT molecular complexity index is 1060. The molecular weight excluding hydrogens is 378 g/mol. The lowest BCUT2D eigenvalue weighted by molar-refractivity contribution is -0.119. The van der Waals surface area contributed by atoms with Gasteiger partial charge in [-0.15, -0.1) is 0 Å². The van der Waals surface area contributed by atoms with Gasteiger partial charge in [-0.1, -0.05) is 23.7 Å². The number of hydrogen-bond acceptors (Lipinski definition) is 3. The van der Waals surface area contributed by atoms with Gasteiger partial charge < -0.3 is 9.88 Å². The molecule has 0 bridgehead atoms. The number of anilines is 1. The van der Waals surface area contributed by atoms with Crippen LogP contribution >= 0.6 is 11.6 Å². The summed E-state index contributed by atoms with van der Waals surface area (Å²) in [6, 6.07) is 14.4. The van der Waals surface area contributed by atoms with Crippen molar-refractivity contribution in [3.63, 3.8) is 0 Å². The minimum atomic E-state index is -0.972. The van der Waals surface area contributed by atoms with E-state index in [9.17, 15) is 14.4 Å². The third-order valence-corrected chi connectivity index (χ3v) is 4.93. The van der Waals surface area contributed by atoms with E-state index in [1.807, 2.05) is 29.1 Å². The van der Waals surface area contributed by atoms with Crippen molar-refractivity contribution in [2.75, 3.05) is 5.32 Å². The van der Waals surface area contributed by atoms with Crippen LogP contribution in [0.2, 0.25) is 5.02 Å². The van der Waals surface area contributed by atoms with Crippen molar-refractivity contribution in [3.8, 4) is 5.69 Å². The van der Waals surface area contributed by atoms with E-state index < -0.39 is 23.8 Å². The number of nitrogens with one attached hydrogen (secondary N) is 1. The predicted molar refractivity (Wildman–Crippen MR) is 106 cm³/mol. The average molecular weight is 394 g/mol. The molecule has 1 aliphatic heterocycles. The van der Waals surface area contributed by atoms with Gasteiger partial charge in [-0.05, 0) is 49.4 Å². The molecule has 0 radical (unpaired) electrons. The number of aromatic nitrogens is 1. The van der Waals surface area contributed by atoms with E-state index in [0.29, 0.717) is 27.5 Å². The fraction of sp³-hybridized carbons (Fsp3) is 0.0952. The van der Waals surface area contributed by atoms with Crippen molar-refractivity contribution in [1.82, 2.24) is 9.47 Å². The minimum absolute atomic E-state index is 0.312. The zero-order chi connectivity index (χ0) is 19.8. The van der Waals surface area contributed by atoms with Crippen molar-refractivity contribution in [1.29, 1.82) is 0 Å². The maximum atomic E-state index is 12.8. The van der Waals surface area contributed by atoms with Crippen LogP contribution in [-0.4, -0.2) is 33.2 Å². The van der Waals surface area contributed by atoms with Gasteiger partial charge in [0.1, 0.15) is 6.04 Å². The SMILES string of the molecule is CC(C(=O)Nc1ccc(Cl)cc1-n1cccc1)N1C(=O)c2ccccc2C1=O. The smallest absolute Gasteiger partial charge is 0.262 e. The van der Waals surface area contributed by atoms with E-state index in [-0.39, 0.29) is 0 Å². The first-order valence-electron chi connectivity index (χ1n) is 8.68. The third-order valence-electron chi connectivity index (χ3n) is 4.69. The fourth-order valence-electron chi connectivity index (χ4n) is 3.23. The maximum absolute atomic E-state index is 12.8. The Morgan fingerprint density at radius 3 is 2.18 bits per heavy atom. The lowest BCUT2D eigenvalue weighted by Gasteiger charge is -2.22. The lowest BCUT2D eigenvalue weighted by atomic mass is 10.1. The Morgan fingerprint density at radius 2 is 1.57 bits per heavy atom. The van der Waals surface area contributed by atoms with Gasteiger partial charge in [0.15, 0.2) is 0 Å². The molecule has 3 aromatic rings. The Morgan fingerprint density at radius 1 is 0.964 bits per heavy atom. The molecule has 6 nitrogen and oxygen atoms in total. The van der Waals surface area contributed by atoms with E-state index in [0.717, 1.165) is 4.90 Å². The van der Waals surface area contributed by atoms with Gasteiger partial charge in [-0.2, -0.15) is 0 Å². The summed E-state index contributed by atoms with van der Waals surface area (Å²) in [4.78, 5) is 39.1. The van der Waals surface area contributed by atoms with E-state index >= 15 is 0 Å². The second-order valence-corrected chi connectivity index (χ2v) is 6.88. The fourth-order valence-corrected chi connectivity index (χ4v) is 3.40. The predicted octanol–water partition coefficient (Wildman–Crippen LogP) is 3.75. The second kappa shape index (κ2) is 6.98. The van der Waals surface area contributed by atoms with Crippen LogP contribution < -0.4 is 5.32 Å². The Balaban J connectivity index is 1.60. The van der Waals surface area contributed by atoms with Crippen LogP contribution in [0.25, 0.3) is 5.69 Å². The summed E-state index contributed by atoms with van der Waals surface area (Å²) in [5.41, 5.74) is 1.83. The van der Waals surface area contributed by atoms with Gasteiger partial charge in [0, 0.05) is 17.4 Å². The van der Waals surface area contributed by atoms with Crippen molar-refractivity contribution in [2.24, 2.45) is 0 Å². The molecule has 4 rings (SSSR count). The number of carbonyl (C=O) groups excluding carboxylic acids is 3. The van der Waals surface area contributed by atoms with Gasteiger partial charge in [-0.25, -0.2) is 0 Å². The van der Waals surface area contributed by atoms with Gasteiger partial charge in [0.05, 0.1) is 22.5 Å². The quantitative estimate of drug-likeness (QED) is 0.686. The molecule has 2 heterocycles. The van der Waals surface area contributed by atoms with Crippen LogP contribution in [0.15, 0.2) is 67.0 Å². The highest BCUT2D eigenvalue weighted by Crippen LogP contribution is 2.27. The molecule has 0 fully saturated rings. The molecule has 3 amide bonds. The number of imide groups is 1. The Labute approximate surface area is 166 Å². The van der Waals surface area contributed by atoms with Crippen molar-refractivity contribution in [3.05, 3.63) is 83.1 Å². The summed E-state index contributed by atoms with van der Waals surface area (Å²) < 4.78 is 1.81. The molecule has 1 atom stereocenters. The molecule has 140 valence electrons. The van der Waals surface area contributed by atoms with Crippen molar-refractivity contribution >= 4 is 35.0 Å². The summed E-state index contributed by atoms with van der Waals surface area (Å²) in [5.74, 6) is -1.40. The lowest BCUT2D eigenvalue weighted by Crippen LogP contribution is -2.45. The van der Waals surface area contributed by atoms with Crippen molar-refractivity contribution in [2.45, 2.75) is 13.0 Å². The molecular formula is C21H16ClN3O3. The van der Waals surface area contributed by atoms with Gasteiger partial charge in [0.25, 0.3) is 11.8 Å². The summed E-state index contributed by atoms with van der Waals surface area (Å²) in [6.07, 6.45) is 3.66. The zero-order valence-electron chi connectivity index (χ0n) is 14.9. The summed E-state index contributed by atoms with van der Waals surface area (Å²) in [7, 11) is 0. The number of benzene rings is 2. The monoisotopic (exact) mass is 393 g/mol. The first-order chi connectivity index (χ1) is 13.5. The standard InChI is InChI=1S/C21H16ClN3O3/c1-13(25-20(27)15-6-2-3-7-16(15)21(25)28)19(26)23-17-9-8-14(22)12-18(17)24-10-4-5-11-24/h2-13H,1H3,(H,23,26). The molecule has 2 aromatic carbocycles. The molecule has 0 saturated heterocycles. The molecule has 0 spiro atoms. The topological polar surface area (TPSA) is 71.4 Å². The summed E-state index contributed by atoms with van der Waals surface area (Å²) >= 11 is 6.10. The van der Waals surface area contributed by atoms with Crippen LogP contribution in [0.5, 0.6) is 0 Å². The van der Waals surface area contributed by atoms with Crippen LogP contribution in [-0.2, 0) is 4.79 Å². The van der Waals surface area contributed by atoms with Gasteiger partial charge in [0.2, 0.25) is 5.91 Å². The maximum Gasteiger partial charge on any atom is 0.262 e. The molecule has 1 aromatic heterocycles. The Kier molecular flexibility index (Phi) is 4.49. The van der Waals surface area contributed by atoms with E-state index in [2.05, 4.69) is 5.32 Å². The van der Waals surface area contributed by atoms with E-state index in [1.165, 1.54) is 6.92 Å². The van der Waals surface area contributed by atoms with E-state index in [1.54, 1.807) is 42.5 Å². The molecule has 0 aliphatic carbocycles. The highest BCUT2D eigenvalue weighted by molar-refractivity contribution is 6.31. The molecule has 1 N–H and O–H groups in total. The number of halogens is 1. The number of rotatable bonds is 4. The van der Waals surface area contributed by atoms with Crippen molar-refractivity contribution < 1.29 is 14.4 Å². The second-order valence-electron chi connectivity index (χ2n) is 6.44. The van der Waals surface area contributed by atoms with Gasteiger partial charge in [-0.3, -0.25) is 19.3 Å². The number of amides is 3. The van der Waals surface area contributed by atoms with Crippen LogP contribution in [0, 0.1) is 0 Å². The first-order valence-corrected chi connectivity index (χ1v) is 9.06. The highest BCUT2D eigenvalue weighted by Gasteiger charge is 2.40. The molecule has 0 saturated carbocycles. The molecule has 28 heavy (non-hydrogen) atoms. The van der Waals surface area contributed by atoms with Crippen LogP contribution in [0.4, 0.5) is 5.69 Å². The number of hydrogen-bond donors (Lipinski definition) is 1. The van der Waals surface area contributed by atoms with Crippen LogP contribution in [0.3, 0.4) is 0 Å². The van der Waals surface area contributed by atoms with Crippen LogP contribution in [0.1, 0.15) is 27.6 Å². The highest BCUT2D eigenvalue weighted by atomic mass is 35.5. The minimum Gasteiger partial charge on any atom is -0.322 e. The van der Waals surface area contributed by atoms with Gasteiger partial charge >= 0.3 is 0 Å². The normalized spacial score (nSPS) is 14.1. The average Bonchev–Trinajstić information content (AvgIpc) is 3.31. The third kappa shape index (κ3) is 2.97. The molecule has 1 aliphatic rings. The summed E-state index contributed by atoms with van der Waals surface area (Å²) in [6.45, 7) is 1.53. The Hall–Kier alpha value is -3.38. The summed E-state index contributed by atoms with van der Waals surface area (Å²) in [5, 5.41) is 3.33. The largest absolute Gasteiger partial charge is 0.322 e. The number of carbonyl (C=O) groups is 3. The first kappa shape index (κ1) is 18.0.